The Morgan fingerprint density at radius 1 is 1.17 bits per heavy atom. The number of rotatable bonds is 0. The third kappa shape index (κ3) is 0.360. The van der Waals surface area contributed by atoms with Gasteiger partial charge in [0.05, 0.1) is 0 Å². The maximum atomic E-state index is 2.28. The van der Waals surface area contributed by atoms with Crippen molar-refractivity contribution in [2.75, 3.05) is 0 Å². The van der Waals surface area contributed by atoms with Crippen molar-refractivity contribution in [1.82, 2.24) is 0 Å². The summed E-state index contributed by atoms with van der Waals surface area (Å²) in [6.07, 6.45) is 0. The minimum absolute atomic E-state index is 0.935. The molecule has 0 spiro atoms. The average Bonchev–Trinajstić information content (AvgIpc) is 1.94. The van der Waals surface area contributed by atoms with E-state index < -0.39 is 0 Å². The summed E-state index contributed by atoms with van der Waals surface area (Å²) in [4.78, 5) is 0. The predicted octanol–water partition coefficient (Wildman–Crippen LogP) is 1.87. The highest BCUT2D eigenvalue weighted by Crippen LogP contribution is 2.46. The van der Waals surface area contributed by atoms with E-state index in [9.17, 15) is 0 Å². The Hall–Kier alpha value is 0. The lowest BCUT2D eigenvalue weighted by molar-refractivity contribution is 0.834. The van der Waals surface area contributed by atoms with Crippen molar-refractivity contribution in [2.24, 2.45) is 11.8 Å². The Morgan fingerprint density at radius 2 is 1.33 bits per heavy atom. The normalized spacial score (nSPS) is 46.5. The van der Waals surface area contributed by atoms with Crippen LogP contribution in [0.4, 0.5) is 0 Å². The second kappa shape index (κ2) is 0.988. The molecule has 1 saturated carbocycles. The molecule has 0 aromatic rings. The predicted molar refractivity (Wildman–Crippen MR) is 27.2 cm³/mol. The van der Waals surface area contributed by atoms with Gasteiger partial charge in [0.2, 0.25) is 0 Å². The SMILES string of the molecule is C[C]1C(C)C1C. The van der Waals surface area contributed by atoms with Crippen LogP contribution in [-0.4, -0.2) is 0 Å². The summed E-state index contributed by atoms with van der Waals surface area (Å²) in [5.74, 6) is 3.55. The first kappa shape index (κ1) is 4.17. The zero-order chi connectivity index (χ0) is 4.73. The largest absolute Gasteiger partial charge is 0.0617 e. The monoisotopic (exact) mass is 83.1 g/mol. The standard InChI is InChI=1S/C6H11/c1-4-5(2)6(4)3/h4-5H,1-3H3. The molecule has 0 saturated heterocycles. The highest BCUT2D eigenvalue weighted by atomic mass is 14.4. The summed E-state index contributed by atoms with van der Waals surface area (Å²) in [6.45, 7) is 6.79. The van der Waals surface area contributed by atoms with Gasteiger partial charge in [0.25, 0.3) is 0 Å². The van der Waals surface area contributed by atoms with Crippen LogP contribution >= 0.6 is 0 Å². The Bertz CT molecular complexity index is 36.8. The second-order valence-corrected chi connectivity index (χ2v) is 2.32. The van der Waals surface area contributed by atoms with E-state index in [1.165, 1.54) is 0 Å². The van der Waals surface area contributed by atoms with E-state index in [-0.39, 0.29) is 0 Å². The van der Waals surface area contributed by atoms with Crippen molar-refractivity contribution in [1.29, 1.82) is 0 Å². The molecular weight excluding hydrogens is 72.1 g/mol. The molecule has 0 aromatic heterocycles. The second-order valence-electron chi connectivity index (χ2n) is 2.32. The van der Waals surface area contributed by atoms with E-state index in [1.807, 2.05) is 0 Å². The molecule has 0 nitrogen and oxygen atoms in total. The van der Waals surface area contributed by atoms with Gasteiger partial charge in [-0.15, -0.1) is 0 Å². The number of hydrogen-bond donors (Lipinski definition) is 0. The molecule has 0 aromatic carbocycles. The summed E-state index contributed by atoms with van der Waals surface area (Å²) in [6, 6.07) is 0. The molecule has 0 aliphatic heterocycles. The molecule has 1 radical (unpaired) electrons. The Labute approximate surface area is 39.6 Å². The third-order valence-corrected chi connectivity index (χ3v) is 2.08. The third-order valence-electron chi connectivity index (χ3n) is 2.08. The minimum Gasteiger partial charge on any atom is -0.0617 e. The molecular formula is C6H11. The van der Waals surface area contributed by atoms with E-state index in [4.69, 9.17) is 0 Å². The topological polar surface area (TPSA) is 0 Å². The van der Waals surface area contributed by atoms with E-state index >= 15 is 0 Å². The molecule has 2 atom stereocenters. The molecule has 6 heavy (non-hydrogen) atoms. The average molecular weight is 83.2 g/mol. The lowest BCUT2D eigenvalue weighted by atomic mass is 10.4. The van der Waals surface area contributed by atoms with E-state index in [2.05, 4.69) is 20.8 Å². The lowest BCUT2D eigenvalue weighted by Crippen LogP contribution is -1.58. The molecule has 0 heteroatoms. The van der Waals surface area contributed by atoms with Gasteiger partial charge in [0.1, 0.15) is 0 Å². The minimum atomic E-state index is 0.935. The fraction of sp³-hybridized carbons (Fsp3) is 0.833. The van der Waals surface area contributed by atoms with E-state index in [1.54, 1.807) is 5.92 Å². The van der Waals surface area contributed by atoms with Crippen LogP contribution in [0.1, 0.15) is 20.8 Å². The molecule has 1 rings (SSSR count). The van der Waals surface area contributed by atoms with Crippen LogP contribution < -0.4 is 0 Å². The Morgan fingerprint density at radius 3 is 1.33 bits per heavy atom. The fourth-order valence-electron chi connectivity index (χ4n) is 0.776. The van der Waals surface area contributed by atoms with Crippen molar-refractivity contribution in [3.63, 3.8) is 0 Å². The van der Waals surface area contributed by atoms with Crippen molar-refractivity contribution >= 4 is 0 Å². The van der Waals surface area contributed by atoms with Crippen LogP contribution in [0.3, 0.4) is 0 Å². The Balaban J connectivity index is 2.31. The van der Waals surface area contributed by atoms with Gasteiger partial charge in [-0.2, -0.15) is 0 Å². The summed E-state index contributed by atoms with van der Waals surface area (Å²) in [5, 5.41) is 0. The highest BCUT2D eigenvalue weighted by Gasteiger charge is 2.38. The summed E-state index contributed by atoms with van der Waals surface area (Å²) in [5.41, 5.74) is 0. The first-order chi connectivity index (χ1) is 2.73. The van der Waals surface area contributed by atoms with Gasteiger partial charge in [0.15, 0.2) is 0 Å². The van der Waals surface area contributed by atoms with Gasteiger partial charge in [-0.1, -0.05) is 20.8 Å². The molecule has 0 N–H and O–H groups in total. The van der Waals surface area contributed by atoms with Gasteiger partial charge in [-0.3, -0.25) is 0 Å². The van der Waals surface area contributed by atoms with Gasteiger partial charge in [0, 0.05) is 0 Å². The maximum Gasteiger partial charge on any atom is -0.0210 e. The van der Waals surface area contributed by atoms with Gasteiger partial charge in [-0.25, -0.2) is 0 Å². The summed E-state index contributed by atoms with van der Waals surface area (Å²) < 4.78 is 0. The van der Waals surface area contributed by atoms with Crippen LogP contribution in [-0.2, 0) is 0 Å². The van der Waals surface area contributed by atoms with Gasteiger partial charge in [-0.05, 0) is 17.8 Å². The lowest BCUT2D eigenvalue weighted by Gasteiger charge is -1.66. The summed E-state index contributed by atoms with van der Waals surface area (Å²) >= 11 is 0. The highest BCUT2D eigenvalue weighted by molar-refractivity contribution is 5.14. The zero-order valence-electron chi connectivity index (χ0n) is 4.65. The van der Waals surface area contributed by atoms with Crippen molar-refractivity contribution in [3.05, 3.63) is 5.92 Å². The zero-order valence-corrected chi connectivity index (χ0v) is 4.65. The van der Waals surface area contributed by atoms with Crippen LogP contribution in [0.2, 0.25) is 0 Å². The smallest absolute Gasteiger partial charge is 0.0210 e. The molecule has 35 valence electrons. The Kier molecular flexibility index (Phi) is 0.686. The summed E-state index contributed by atoms with van der Waals surface area (Å²) in [7, 11) is 0. The quantitative estimate of drug-likeness (QED) is 0.419. The van der Waals surface area contributed by atoms with Crippen molar-refractivity contribution in [3.8, 4) is 0 Å². The molecule has 1 fully saturated rings. The van der Waals surface area contributed by atoms with E-state index in [0.29, 0.717) is 0 Å². The van der Waals surface area contributed by atoms with E-state index in [0.717, 1.165) is 11.8 Å². The van der Waals surface area contributed by atoms with Gasteiger partial charge >= 0.3 is 0 Å². The molecule has 2 unspecified atom stereocenters. The maximum absolute atomic E-state index is 2.28. The van der Waals surface area contributed by atoms with Crippen LogP contribution in [0.25, 0.3) is 0 Å². The van der Waals surface area contributed by atoms with Crippen LogP contribution in [0.15, 0.2) is 0 Å². The first-order valence-corrected chi connectivity index (χ1v) is 2.57. The fourth-order valence-corrected chi connectivity index (χ4v) is 0.776. The van der Waals surface area contributed by atoms with Gasteiger partial charge < -0.3 is 0 Å². The molecule has 0 amide bonds. The molecule has 0 heterocycles. The molecule has 1 aliphatic carbocycles. The molecule has 0 bridgehead atoms. The van der Waals surface area contributed by atoms with Crippen molar-refractivity contribution < 1.29 is 0 Å². The van der Waals surface area contributed by atoms with Crippen LogP contribution in [0.5, 0.6) is 0 Å². The van der Waals surface area contributed by atoms with Crippen molar-refractivity contribution in [2.45, 2.75) is 20.8 Å². The molecule has 1 aliphatic rings. The first-order valence-electron chi connectivity index (χ1n) is 2.57. The van der Waals surface area contributed by atoms with Crippen LogP contribution in [0, 0.1) is 17.8 Å². The number of hydrogen-bond acceptors (Lipinski definition) is 0.